The molecule has 0 atom stereocenters. The smallest absolute Gasteiger partial charge is 0.349 e. The summed E-state index contributed by atoms with van der Waals surface area (Å²) in [6, 6.07) is 1.35. The quantitative estimate of drug-likeness (QED) is 0.740. The number of carbonyl (C=O) groups excluding carboxylic acids is 1. The maximum Gasteiger partial charge on any atom is 0.349 e. The minimum absolute atomic E-state index is 0.0269. The van der Waals surface area contributed by atoms with Crippen molar-refractivity contribution < 1.29 is 23.1 Å². The van der Waals surface area contributed by atoms with Crippen LogP contribution in [0.1, 0.15) is 36.4 Å². The van der Waals surface area contributed by atoms with Gasteiger partial charge in [-0.1, -0.05) is 13.8 Å². The van der Waals surface area contributed by atoms with E-state index in [9.17, 15) is 18.3 Å². The van der Waals surface area contributed by atoms with E-state index in [0.29, 0.717) is 12.8 Å². The van der Waals surface area contributed by atoms with Crippen LogP contribution in [0.15, 0.2) is 16.3 Å². The predicted molar refractivity (Wildman–Crippen MR) is 76.4 cm³/mol. The molecule has 0 aliphatic carbocycles. The molecule has 0 aliphatic rings. The summed E-state index contributed by atoms with van der Waals surface area (Å²) >= 11 is 1.00. The second-order valence-electron chi connectivity index (χ2n) is 4.36. The van der Waals surface area contributed by atoms with Crippen LogP contribution in [-0.4, -0.2) is 38.7 Å². The van der Waals surface area contributed by atoms with Crippen molar-refractivity contribution in [3.63, 3.8) is 0 Å². The lowest BCUT2D eigenvalue weighted by atomic mass is 9.96. The van der Waals surface area contributed by atoms with Gasteiger partial charge in [-0.2, -0.15) is 0 Å². The van der Waals surface area contributed by atoms with E-state index in [2.05, 4.69) is 9.46 Å². The Morgan fingerprint density at radius 2 is 2.05 bits per heavy atom. The Labute approximate surface area is 122 Å². The highest BCUT2D eigenvalue weighted by atomic mass is 32.2. The van der Waals surface area contributed by atoms with E-state index in [1.54, 1.807) is 13.8 Å². The van der Waals surface area contributed by atoms with Gasteiger partial charge in [0.25, 0.3) is 0 Å². The standard InChI is InChI=1S/C12H19NO5S2/c1-4-12(5-2,8-14)13-20(16,17)9-6-7-19-10(9)11(15)18-3/h6-7,13-14H,4-5,8H2,1-3H3. The number of hydrogen-bond acceptors (Lipinski definition) is 6. The zero-order chi connectivity index (χ0) is 15.4. The summed E-state index contributed by atoms with van der Waals surface area (Å²) < 4.78 is 31.9. The fourth-order valence-electron chi connectivity index (χ4n) is 1.74. The molecule has 114 valence electrons. The SMILES string of the molecule is CCC(CC)(CO)NS(=O)(=O)c1ccsc1C(=O)OC. The lowest BCUT2D eigenvalue weighted by molar-refractivity contribution is 0.0602. The molecule has 20 heavy (non-hydrogen) atoms. The number of rotatable bonds is 7. The first-order chi connectivity index (χ1) is 9.35. The summed E-state index contributed by atoms with van der Waals surface area (Å²) in [6.45, 7) is 3.27. The van der Waals surface area contributed by atoms with E-state index in [1.807, 2.05) is 0 Å². The second kappa shape index (κ2) is 6.66. The monoisotopic (exact) mass is 321 g/mol. The number of thiophene rings is 1. The van der Waals surface area contributed by atoms with Crippen LogP contribution in [0.4, 0.5) is 0 Å². The Bertz CT molecular complexity index is 552. The third-order valence-corrected chi connectivity index (χ3v) is 5.94. The molecule has 0 saturated heterocycles. The van der Waals surface area contributed by atoms with Gasteiger partial charge < -0.3 is 9.84 Å². The molecule has 0 saturated carbocycles. The molecule has 6 nitrogen and oxygen atoms in total. The van der Waals surface area contributed by atoms with Crippen molar-refractivity contribution in [2.75, 3.05) is 13.7 Å². The van der Waals surface area contributed by atoms with Crippen LogP contribution < -0.4 is 4.72 Å². The number of ether oxygens (including phenoxy) is 1. The van der Waals surface area contributed by atoms with E-state index >= 15 is 0 Å². The van der Waals surface area contributed by atoms with Crippen LogP contribution in [0, 0.1) is 0 Å². The first-order valence-corrected chi connectivity index (χ1v) is 8.52. The summed E-state index contributed by atoms with van der Waals surface area (Å²) in [7, 11) is -2.70. The van der Waals surface area contributed by atoms with Crippen LogP contribution in [0.25, 0.3) is 0 Å². The first-order valence-electron chi connectivity index (χ1n) is 6.16. The first kappa shape index (κ1) is 17.1. The van der Waals surface area contributed by atoms with Crippen molar-refractivity contribution >= 4 is 27.3 Å². The molecule has 0 bridgehead atoms. The maximum absolute atomic E-state index is 12.4. The largest absolute Gasteiger partial charge is 0.465 e. The van der Waals surface area contributed by atoms with Crippen molar-refractivity contribution in [1.82, 2.24) is 4.72 Å². The average Bonchev–Trinajstić information content (AvgIpc) is 2.94. The van der Waals surface area contributed by atoms with E-state index < -0.39 is 21.5 Å². The maximum atomic E-state index is 12.4. The van der Waals surface area contributed by atoms with Crippen LogP contribution >= 0.6 is 11.3 Å². The molecule has 1 heterocycles. The molecule has 0 aliphatic heterocycles. The van der Waals surface area contributed by atoms with Crippen LogP contribution in [-0.2, 0) is 14.8 Å². The Morgan fingerprint density at radius 1 is 1.45 bits per heavy atom. The van der Waals surface area contributed by atoms with Crippen molar-refractivity contribution in [1.29, 1.82) is 0 Å². The lowest BCUT2D eigenvalue weighted by Gasteiger charge is -2.30. The number of sulfonamides is 1. The number of carbonyl (C=O) groups is 1. The molecule has 0 radical (unpaired) electrons. The van der Waals surface area contributed by atoms with Gasteiger partial charge in [-0.25, -0.2) is 17.9 Å². The lowest BCUT2D eigenvalue weighted by Crippen LogP contribution is -2.50. The summed E-state index contributed by atoms with van der Waals surface area (Å²) in [5.74, 6) is -0.692. The van der Waals surface area contributed by atoms with E-state index in [-0.39, 0.29) is 16.4 Å². The fraction of sp³-hybridized carbons (Fsp3) is 0.583. The average molecular weight is 321 g/mol. The number of aliphatic hydroxyl groups excluding tert-OH is 1. The summed E-state index contributed by atoms with van der Waals surface area (Å²) in [6.07, 6.45) is 0.883. The van der Waals surface area contributed by atoms with Gasteiger partial charge in [0.1, 0.15) is 9.77 Å². The van der Waals surface area contributed by atoms with Gasteiger partial charge in [0, 0.05) is 0 Å². The minimum Gasteiger partial charge on any atom is -0.465 e. The highest BCUT2D eigenvalue weighted by Crippen LogP contribution is 2.25. The molecule has 1 rings (SSSR count). The number of aliphatic hydroxyl groups is 1. The van der Waals surface area contributed by atoms with Crippen molar-refractivity contribution in [3.05, 3.63) is 16.3 Å². The number of nitrogens with one attached hydrogen (secondary N) is 1. The van der Waals surface area contributed by atoms with Crippen LogP contribution in [0.3, 0.4) is 0 Å². The summed E-state index contributed by atoms with van der Waals surface area (Å²) in [4.78, 5) is 11.5. The zero-order valence-electron chi connectivity index (χ0n) is 11.7. The topological polar surface area (TPSA) is 92.7 Å². The summed E-state index contributed by atoms with van der Waals surface area (Å²) in [5.41, 5.74) is -0.922. The molecule has 1 aromatic rings. The Hall–Kier alpha value is -0.960. The number of esters is 1. The Morgan fingerprint density at radius 3 is 2.50 bits per heavy atom. The van der Waals surface area contributed by atoms with Crippen LogP contribution in [0.2, 0.25) is 0 Å². The van der Waals surface area contributed by atoms with Gasteiger partial charge in [-0.3, -0.25) is 0 Å². The normalized spacial score (nSPS) is 12.4. The van der Waals surface area contributed by atoms with Crippen molar-refractivity contribution in [3.8, 4) is 0 Å². The predicted octanol–water partition coefficient (Wildman–Crippen LogP) is 1.36. The molecule has 0 fully saturated rings. The zero-order valence-corrected chi connectivity index (χ0v) is 13.3. The molecule has 0 unspecified atom stereocenters. The highest BCUT2D eigenvalue weighted by molar-refractivity contribution is 7.89. The highest BCUT2D eigenvalue weighted by Gasteiger charge is 2.34. The third kappa shape index (κ3) is 3.38. The van der Waals surface area contributed by atoms with Crippen molar-refractivity contribution in [2.45, 2.75) is 37.1 Å². The Balaban J connectivity index is 3.18. The van der Waals surface area contributed by atoms with Crippen LogP contribution in [0.5, 0.6) is 0 Å². The van der Waals surface area contributed by atoms with E-state index in [1.165, 1.54) is 18.6 Å². The molecule has 1 aromatic heterocycles. The molecule has 0 aromatic carbocycles. The summed E-state index contributed by atoms with van der Waals surface area (Å²) in [5, 5.41) is 11.0. The Kier molecular flexibility index (Phi) is 5.69. The van der Waals surface area contributed by atoms with Gasteiger partial charge >= 0.3 is 5.97 Å². The van der Waals surface area contributed by atoms with Gasteiger partial charge in [-0.05, 0) is 24.3 Å². The van der Waals surface area contributed by atoms with Gasteiger partial charge in [0.05, 0.1) is 19.3 Å². The molecule has 0 spiro atoms. The van der Waals surface area contributed by atoms with Gasteiger partial charge in [0.2, 0.25) is 10.0 Å². The van der Waals surface area contributed by atoms with Gasteiger partial charge in [-0.15, -0.1) is 11.3 Å². The molecular formula is C12H19NO5S2. The number of hydrogen-bond donors (Lipinski definition) is 2. The third-order valence-electron chi connectivity index (χ3n) is 3.30. The molecule has 8 heteroatoms. The van der Waals surface area contributed by atoms with Gasteiger partial charge in [0.15, 0.2) is 0 Å². The second-order valence-corrected chi connectivity index (χ2v) is 6.92. The van der Waals surface area contributed by atoms with E-state index in [0.717, 1.165) is 11.3 Å². The number of methoxy groups -OCH3 is 1. The van der Waals surface area contributed by atoms with Crippen molar-refractivity contribution in [2.24, 2.45) is 0 Å². The minimum atomic E-state index is -3.90. The molecule has 0 amide bonds. The molecular weight excluding hydrogens is 302 g/mol. The fourth-order valence-corrected chi connectivity index (χ4v) is 4.61. The molecule has 2 N–H and O–H groups in total. The van der Waals surface area contributed by atoms with E-state index in [4.69, 9.17) is 0 Å².